The number of anilines is 1. The first-order chi connectivity index (χ1) is 11.7. The van der Waals surface area contributed by atoms with Crippen LogP contribution in [0.2, 0.25) is 0 Å². The fourth-order valence-corrected chi connectivity index (χ4v) is 3.91. The Morgan fingerprint density at radius 1 is 1.21 bits per heavy atom. The molecule has 1 fully saturated rings. The Kier molecular flexibility index (Phi) is 3.65. The van der Waals surface area contributed by atoms with Crippen LogP contribution in [0, 0.1) is 17.2 Å². The standard InChI is InChI=1S/C20H20N2O2/c1-13-8-10-22(11-9-13)18-16-7-6-14-4-2-3-5-15(14)19(16)24-20(23)17(18)12-21/h2-5,13H,6-11H2,1H3. The van der Waals surface area contributed by atoms with Gasteiger partial charge in [0.1, 0.15) is 11.8 Å². The number of piperidine rings is 1. The Bertz CT molecular complexity index is 883. The summed E-state index contributed by atoms with van der Waals surface area (Å²) in [4.78, 5) is 14.7. The van der Waals surface area contributed by atoms with Crippen LogP contribution in [0.4, 0.5) is 5.69 Å². The van der Waals surface area contributed by atoms with Crippen LogP contribution in [0.25, 0.3) is 11.3 Å². The molecule has 4 nitrogen and oxygen atoms in total. The number of hydrogen-bond acceptors (Lipinski definition) is 4. The first-order valence-corrected chi connectivity index (χ1v) is 8.62. The number of nitriles is 1. The van der Waals surface area contributed by atoms with Gasteiger partial charge in [-0.25, -0.2) is 4.79 Å². The molecule has 2 heterocycles. The van der Waals surface area contributed by atoms with E-state index in [1.54, 1.807) is 0 Å². The minimum atomic E-state index is -0.512. The van der Waals surface area contributed by atoms with E-state index in [2.05, 4.69) is 24.0 Å². The SMILES string of the molecule is CC1CCN(c2c3c(oc(=O)c2C#N)-c2ccccc2CC3)CC1. The zero-order chi connectivity index (χ0) is 16.7. The molecule has 2 aromatic rings. The summed E-state index contributed by atoms with van der Waals surface area (Å²) in [5.41, 5.74) is 3.71. The fourth-order valence-electron chi connectivity index (χ4n) is 3.91. The molecule has 4 rings (SSSR count). The second-order valence-electron chi connectivity index (χ2n) is 6.86. The van der Waals surface area contributed by atoms with Crippen LogP contribution in [-0.2, 0) is 12.8 Å². The molecule has 0 amide bonds. The number of hydrogen-bond donors (Lipinski definition) is 0. The predicted molar refractivity (Wildman–Crippen MR) is 93.1 cm³/mol. The zero-order valence-corrected chi connectivity index (χ0v) is 13.8. The van der Waals surface area contributed by atoms with E-state index in [0.29, 0.717) is 11.7 Å². The van der Waals surface area contributed by atoms with Gasteiger partial charge in [0.2, 0.25) is 0 Å². The topological polar surface area (TPSA) is 57.2 Å². The van der Waals surface area contributed by atoms with Crippen LogP contribution >= 0.6 is 0 Å². The molecule has 1 aliphatic carbocycles. The zero-order valence-electron chi connectivity index (χ0n) is 13.8. The van der Waals surface area contributed by atoms with Crippen molar-refractivity contribution in [2.75, 3.05) is 18.0 Å². The summed E-state index contributed by atoms with van der Waals surface area (Å²) >= 11 is 0. The number of fused-ring (bicyclic) bond motifs is 3. The average molecular weight is 320 g/mol. The van der Waals surface area contributed by atoms with Crippen molar-refractivity contribution in [2.24, 2.45) is 5.92 Å². The van der Waals surface area contributed by atoms with Crippen molar-refractivity contribution in [1.82, 2.24) is 0 Å². The molecule has 24 heavy (non-hydrogen) atoms. The number of aryl methyl sites for hydroxylation is 1. The third-order valence-corrected chi connectivity index (χ3v) is 5.31. The van der Waals surface area contributed by atoms with E-state index in [1.165, 1.54) is 5.56 Å². The lowest BCUT2D eigenvalue weighted by Crippen LogP contribution is -2.35. The largest absolute Gasteiger partial charge is 0.421 e. The van der Waals surface area contributed by atoms with Crippen molar-refractivity contribution in [3.8, 4) is 17.4 Å². The highest BCUT2D eigenvalue weighted by molar-refractivity contribution is 5.77. The van der Waals surface area contributed by atoms with Gasteiger partial charge in [-0.1, -0.05) is 31.2 Å². The molecule has 0 atom stereocenters. The average Bonchev–Trinajstić information content (AvgIpc) is 2.61. The summed E-state index contributed by atoms with van der Waals surface area (Å²) in [6, 6.07) is 10.2. The third-order valence-electron chi connectivity index (χ3n) is 5.31. The van der Waals surface area contributed by atoms with Gasteiger partial charge in [0, 0.05) is 24.2 Å². The monoisotopic (exact) mass is 320 g/mol. The van der Waals surface area contributed by atoms with Crippen LogP contribution in [0.3, 0.4) is 0 Å². The van der Waals surface area contributed by atoms with E-state index >= 15 is 0 Å². The molecular formula is C20H20N2O2. The van der Waals surface area contributed by atoms with Crippen molar-refractivity contribution in [2.45, 2.75) is 32.6 Å². The maximum atomic E-state index is 12.4. The van der Waals surface area contributed by atoms with Gasteiger partial charge in [0.05, 0.1) is 5.69 Å². The molecule has 122 valence electrons. The Hall–Kier alpha value is -2.54. The second-order valence-corrected chi connectivity index (χ2v) is 6.86. The highest BCUT2D eigenvalue weighted by Gasteiger charge is 2.29. The Morgan fingerprint density at radius 2 is 1.96 bits per heavy atom. The van der Waals surface area contributed by atoms with Crippen molar-refractivity contribution in [1.29, 1.82) is 5.26 Å². The summed E-state index contributed by atoms with van der Waals surface area (Å²) in [6.07, 6.45) is 3.91. The lowest BCUT2D eigenvalue weighted by Gasteiger charge is -2.35. The van der Waals surface area contributed by atoms with Gasteiger partial charge in [0.25, 0.3) is 0 Å². The van der Waals surface area contributed by atoms with Gasteiger partial charge in [0.15, 0.2) is 5.56 Å². The van der Waals surface area contributed by atoms with Crippen molar-refractivity contribution in [3.63, 3.8) is 0 Å². The molecule has 1 aromatic heterocycles. The molecule has 1 aromatic carbocycles. The van der Waals surface area contributed by atoms with Gasteiger partial charge in [-0.3, -0.25) is 0 Å². The second kappa shape index (κ2) is 5.83. The molecule has 1 saturated heterocycles. The molecule has 0 spiro atoms. The third kappa shape index (κ3) is 2.32. The lowest BCUT2D eigenvalue weighted by molar-refractivity contribution is 0.435. The van der Waals surface area contributed by atoms with E-state index in [4.69, 9.17) is 4.42 Å². The van der Waals surface area contributed by atoms with Crippen LogP contribution in [0.15, 0.2) is 33.5 Å². The molecule has 4 heteroatoms. The first-order valence-electron chi connectivity index (χ1n) is 8.62. The Labute approximate surface area is 141 Å². The Balaban J connectivity index is 1.92. The summed E-state index contributed by atoms with van der Waals surface area (Å²) in [7, 11) is 0. The van der Waals surface area contributed by atoms with E-state index in [9.17, 15) is 10.1 Å². The van der Waals surface area contributed by atoms with Crippen molar-refractivity contribution in [3.05, 3.63) is 51.4 Å². The molecule has 0 N–H and O–H groups in total. The fraction of sp³-hybridized carbons (Fsp3) is 0.400. The van der Waals surface area contributed by atoms with Crippen LogP contribution in [0.5, 0.6) is 0 Å². The van der Waals surface area contributed by atoms with Gasteiger partial charge in [-0.15, -0.1) is 0 Å². The quantitative estimate of drug-likeness (QED) is 0.807. The minimum Gasteiger partial charge on any atom is -0.421 e. The number of nitrogens with zero attached hydrogens (tertiary/aromatic N) is 2. The van der Waals surface area contributed by atoms with E-state index in [-0.39, 0.29) is 5.56 Å². The normalized spacial score (nSPS) is 17.1. The highest BCUT2D eigenvalue weighted by Crippen LogP contribution is 2.39. The molecule has 2 aliphatic rings. The van der Waals surface area contributed by atoms with E-state index in [1.807, 2.05) is 18.2 Å². The summed E-state index contributed by atoms with van der Waals surface area (Å²) in [5, 5.41) is 9.54. The molecule has 0 unspecified atom stereocenters. The Morgan fingerprint density at radius 3 is 2.71 bits per heavy atom. The summed E-state index contributed by atoms with van der Waals surface area (Å²) in [5.74, 6) is 1.36. The number of benzene rings is 1. The molecule has 0 saturated carbocycles. The molecule has 0 radical (unpaired) electrons. The lowest BCUT2D eigenvalue weighted by atomic mass is 9.87. The maximum absolute atomic E-state index is 12.4. The van der Waals surface area contributed by atoms with Crippen LogP contribution in [0.1, 0.15) is 36.5 Å². The number of rotatable bonds is 1. The van der Waals surface area contributed by atoms with Crippen LogP contribution in [-0.4, -0.2) is 13.1 Å². The minimum absolute atomic E-state index is 0.169. The van der Waals surface area contributed by atoms with Gasteiger partial charge >= 0.3 is 5.63 Å². The highest BCUT2D eigenvalue weighted by atomic mass is 16.4. The van der Waals surface area contributed by atoms with Crippen LogP contribution < -0.4 is 10.5 Å². The predicted octanol–water partition coefficient (Wildman–Crippen LogP) is 3.51. The van der Waals surface area contributed by atoms with Crippen molar-refractivity contribution < 1.29 is 4.42 Å². The maximum Gasteiger partial charge on any atom is 0.356 e. The first kappa shape index (κ1) is 15.0. The van der Waals surface area contributed by atoms with Gasteiger partial charge in [-0.2, -0.15) is 5.26 Å². The summed E-state index contributed by atoms with van der Waals surface area (Å²) in [6.45, 7) is 4.05. The summed E-state index contributed by atoms with van der Waals surface area (Å²) < 4.78 is 5.60. The van der Waals surface area contributed by atoms with Gasteiger partial charge in [-0.05, 0) is 37.2 Å². The molecule has 1 aliphatic heterocycles. The van der Waals surface area contributed by atoms with E-state index in [0.717, 1.165) is 55.6 Å². The van der Waals surface area contributed by atoms with E-state index < -0.39 is 5.63 Å². The van der Waals surface area contributed by atoms with Crippen molar-refractivity contribution >= 4 is 5.69 Å². The molecule has 0 bridgehead atoms. The smallest absolute Gasteiger partial charge is 0.356 e. The van der Waals surface area contributed by atoms with Gasteiger partial charge < -0.3 is 9.32 Å². The molecular weight excluding hydrogens is 300 g/mol.